The maximum atomic E-state index is 12.5. The van der Waals surface area contributed by atoms with Gasteiger partial charge in [0.15, 0.2) is 6.29 Å². The van der Waals surface area contributed by atoms with Crippen molar-refractivity contribution in [3.63, 3.8) is 0 Å². The molecule has 0 bridgehead atoms. The van der Waals surface area contributed by atoms with Crippen LogP contribution in [0.4, 0.5) is 13.5 Å². The van der Waals surface area contributed by atoms with Crippen molar-refractivity contribution in [3.8, 4) is 0 Å². The molecule has 0 aliphatic carbocycles. The fourth-order valence-corrected chi connectivity index (χ4v) is 2.35. The van der Waals surface area contributed by atoms with E-state index in [1.54, 1.807) is 23.9 Å². The summed E-state index contributed by atoms with van der Waals surface area (Å²) >= 11 is 1.75. The molecule has 0 spiro atoms. The normalized spacial score (nSPS) is 20.8. The van der Waals surface area contributed by atoms with Gasteiger partial charge in [-0.1, -0.05) is 42.5 Å². The summed E-state index contributed by atoms with van der Waals surface area (Å²) in [4.78, 5) is 10.5. The first-order valence-electron chi connectivity index (χ1n) is 7.41. The van der Waals surface area contributed by atoms with Gasteiger partial charge in [0.25, 0.3) is 0 Å². The second kappa shape index (κ2) is 12.5. The third kappa shape index (κ3) is 8.20. The van der Waals surface area contributed by atoms with Crippen LogP contribution in [0.25, 0.3) is 6.08 Å². The van der Waals surface area contributed by atoms with Crippen LogP contribution in [-0.4, -0.2) is 37.0 Å². The van der Waals surface area contributed by atoms with Crippen LogP contribution >= 0.6 is 11.8 Å². The Morgan fingerprint density at radius 3 is 2.24 bits per heavy atom. The van der Waals surface area contributed by atoms with Crippen LogP contribution in [0.3, 0.4) is 0 Å². The van der Waals surface area contributed by atoms with E-state index in [0.29, 0.717) is 18.5 Å². The van der Waals surface area contributed by atoms with Gasteiger partial charge < -0.3 is 9.47 Å². The lowest BCUT2D eigenvalue weighted by molar-refractivity contribution is -0.146. The van der Waals surface area contributed by atoms with Crippen molar-refractivity contribution >= 4 is 23.9 Å². The van der Waals surface area contributed by atoms with E-state index in [4.69, 9.17) is 18.6 Å². The number of carbonyl (C=O) groups is 1. The number of thioether (sulfide) groups is 1. The second-order valence-corrected chi connectivity index (χ2v) is 6.06. The summed E-state index contributed by atoms with van der Waals surface area (Å²) in [5.41, 5.74) is 0.961. The number of benzene rings is 1. The van der Waals surface area contributed by atoms with Crippen molar-refractivity contribution in [1.29, 1.82) is 0 Å². The minimum atomic E-state index is -1.42. The number of hydrogen-bond donors (Lipinski definition) is 0. The molecule has 2 rings (SSSR count). The monoisotopic (exact) mass is 372 g/mol. The highest BCUT2D eigenvalue weighted by Gasteiger charge is 2.18. The fourth-order valence-electron chi connectivity index (χ4n) is 1.92. The first-order chi connectivity index (χ1) is 12.2. The predicted octanol–water partition coefficient (Wildman–Crippen LogP) is 4.87. The average Bonchev–Trinajstić information content (AvgIpc) is 2.67. The zero-order chi connectivity index (χ0) is 18.5. The highest BCUT2D eigenvalue weighted by molar-refractivity contribution is 7.99. The van der Waals surface area contributed by atoms with Gasteiger partial charge in [-0.2, -0.15) is 16.2 Å². The molecule has 0 saturated carbocycles. The third-order valence-corrected chi connectivity index (χ3v) is 4.19. The third-order valence-electron chi connectivity index (χ3n) is 3.25. The first kappa shape index (κ1) is 21.2. The van der Waals surface area contributed by atoms with Crippen LogP contribution in [0.2, 0.25) is 0 Å². The molecule has 1 aromatic rings. The number of hydrogen-bond acceptors (Lipinski definition) is 4. The van der Waals surface area contributed by atoms with E-state index in [9.17, 15) is 9.18 Å². The molecule has 1 aliphatic rings. The summed E-state index contributed by atoms with van der Waals surface area (Å²) in [7, 11) is 0. The van der Waals surface area contributed by atoms with Crippen LogP contribution in [0, 0.1) is 0 Å². The lowest BCUT2D eigenvalue weighted by Crippen LogP contribution is -2.32. The summed E-state index contributed by atoms with van der Waals surface area (Å²) in [5.74, 6) is 0. The number of rotatable bonds is 6. The van der Waals surface area contributed by atoms with Crippen LogP contribution in [0.5, 0.6) is 0 Å². The van der Waals surface area contributed by atoms with E-state index in [1.807, 2.05) is 42.7 Å². The standard InChI is InChI=1S/C18H19FO3S.F2/c1-23-16-12-21-17(22-13-16)7-5-3-2-4-6-14-8-10-15(11-9-14)18(19)20;1-2/h2-11,16-17H,12-13H2,1H3;/b3-2+,6-4+,7-5+;. The van der Waals surface area contributed by atoms with Gasteiger partial charge in [0.05, 0.1) is 24.0 Å². The maximum Gasteiger partial charge on any atom is 0.332 e. The van der Waals surface area contributed by atoms with E-state index < -0.39 is 6.04 Å². The molecule has 3 nitrogen and oxygen atoms in total. The molecule has 0 aromatic heterocycles. The lowest BCUT2D eigenvalue weighted by atomic mass is 10.1. The summed E-state index contributed by atoms with van der Waals surface area (Å²) in [6.07, 6.45) is 13.0. The van der Waals surface area contributed by atoms with Crippen LogP contribution in [0.15, 0.2) is 54.6 Å². The highest BCUT2D eigenvalue weighted by Crippen LogP contribution is 2.15. The molecule has 1 saturated heterocycles. The van der Waals surface area contributed by atoms with Gasteiger partial charge in [-0.25, -0.2) is 0 Å². The van der Waals surface area contributed by atoms with Crippen LogP contribution in [-0.2, 0) is 9.47 Å². The minimum absolute atomic E-state index is 0.0665. The Morgan fingerprint density at radius 1 is 1.08 bits per heavy atom. The van der Waals surface area contributed by atoms with Gasteiger partial charge in [0.1, 0.15) is 0 Å². The number of ether oxygens (including phenoxy) is 2. The van der Waals surface area contributed by atoms with Crippen molar-refractivity contribution in [2.45, 2.75) is 11.5 Å². The Labute approximate surface area is 149 Å². The molecule has 1 heterocycles. The van der Waals surface area contributed by atoms with Gasteiger partial charge in [-0.3, -0.25) is 4.79 Å². The van der Waals surface area contributed by atoms with Gasteiger partial charge in [0.2, 0.25) is 0 Å². The van der Waals surface area contributed by atoms with E-state index >= 15 is 0 Å². The molecule has 1 fully saturated rings. The van der Waals surface area contributed by atoms with E-state index in [-0.39, 0.29) is 11.9 Å². The largest absolute Gasteiger partial charge is 0.348 e. The molecule has 0 amide bonds. The summed E-state index contributed by atoms with van der Waals surface area (Å²) in [6.45, 7) is 1.41. The topological polar surface area (TPSA) is 35.5 Å². The van der Waals surface area contributed by atoms with Crippen molar-refractivity contribution in [2.75, 3.05) is 19.5 Å². The minimum Gasteiger partial charge on any atom is -0.348 e. The molecule has 0 N–H and O–H groups in total. The van der Waals surface area contributed by atoms with Crippen molar-refractivity contribution in [2.24, 2.45) is 0 Å². The van der Waals surface area contributed by atoms with Gasteiger partial charge >= 0.3 is 6.04 Å². The fraction of sp³-hybridized carbons (Fsp3) is 0.278. The number of allylic oxidation sites excluding steroid dienone is 4. The summed E-state index contributed by atoms with van der Waals surface area (Å²) in [5, 5.41) is 0.414. The Hall–Kier alpha value is -1.83. The predicted molar refractivity (Wildman–Crippen MR) is 94.4 cm³/mol. The van der Waals surface area contributed by atoms with E-state index in [2.05, 4.69) is 0 Å². The molecule has 25 heavy (non-hydrogen) atoms. The molecule has 0 atom stereocenters. The maximum absolute atomic E-state index is 12.5. The number of halogens is 3. The van der Waals surface area contributed by atoms with E-state index in [0.717, 1.165) is 5.56 Å². The molecular weight excluding hydrogens is 353 g/mol. The second-order valence-electron chi connectivity index (χ2n) is 4.92. The molecule has 1 aliphatic heterocycles. The molecule has 1 aromatic carbocycles. The van der Waals surface area contributed by atoms with Crippen LogP contribution in [0.1, 0.15) is 15.9 Å². The molecule has 7 heteroatoms. The molecule has 0 radical (unpaired) electrons. The Kier molecular flexibility index (Phi) is 10.6. The SMILES string of the molecule is CSC1COC(/C=C/C=C/C=C/c2ccc(C(=O)F)cc2)OC1.FF. The number of carbonyl (C=O) groups excluding carboxylic acids is 1. The quantitative estimate of drug-likeness (QED) is 0.527. The summed E-state index contributed by atoms with van der Waals surface area (Å²) < 4.78 is 39.6. The van der Waals surface area contributed by atoms with Gasteiger partial charge in [0, 0.05) is 9.15 Å². The van der Waals surface area contributed by atoms with Crippen molar-refractivity contribution < 1.29 is 27.8 Å². The Bertz CT molecular complexity index is 592. The Balaban J connectivity index is 0.00000151. The summed E-state index contributed by atoms with van der Waals surface area (Å²) in [6, 6.07) is 4.90. The van der Waals surface area contributed by atoms with E-state index in [1.165, 1.54) is 12.1 Å². The molecule has 136 valence electrons. The zero-order valence-electron chi connectivity index (χ0n) is 13.6. The average molecular weight is 372 g/mol. The van der Waals surface area contributed by atoms with Crippen molar-refractivity contribution in [1.82, 2.24) is 0 Å². The highest BCUT2D eigenvalue weighted by atomic mass is 32.2. The van der Waals surface area contributed by atoms with Gasteiger partial charge in [-0.05, 0) is 30.0 Å². The molecule has 0 unspecified atom stereocenters. The zero-order valence-corrected chi connectivity index (χ0v) is 14.4. The van der Waals surface area contributed by atoms with Gasteiger partial charge in [-0.15, -0.1) is 0 Å². The van der Waals surface area contributed by atoms with Crippen molar-refractivity contribution in [3.05, 3.63) is 65.8 Å². The molecular formula is C18H19F3O3S. The lowest BCUT2D eigenvalue weighted by Gasteiger charge is -2.26. The Morgan fingerprint density at radius 2 is 1.68 bits per heavy atom. The smallest absolute Gasteiger partial charge is 0.332 e. The van der Waals surface area contributed by atoms with Crippen LogP contribution < -0.4 is 0 Å². The first-order valence-corrected chi connectivity index (χ1v) is 8.69.